The molecule has 4 nitrogen and oxygen atoms in total. The molecule has 2 unspecified atom stereocenters. The Kier molecular flexibility index (Phi) is 3.75. The first-order valence-electron chi connectivity index (χ1n) is 5.56. The summed E-state index contributed by atoms with van der Waals surface area (Å²) in [6.07, 6.45) is 0.0871. The quantitative estimate of drug-likeness (QED) is 0.831. The van der Waals surface area contributed by atoms with Crippen LogP contribution in [0.25, 0.3) is 0 Å². The van der Waals surface area contributed by atoms with Crippen molar-refractivity contribution in [3.63, 3.8) is 0 Å². The lowest BCUT2D eigenvalue weighted by Gasteiger charge is -2.25. The third kappa shape index (κ3) is 2.56. The van der Waals surface area contributed by atoms with Crippen LogP contribution in [0.4, 0.5) is 8.78 Å². The minimum atomic E-state index is -1.53. The van der Waals surface area contributed by atoms with Gasteiger partial charge < -0.3 is 10.0 Å². The van der Waals surface area contributed by atoms with Crippen LogP contribution in [0, 0.1) is 11.6 Å². The molecule has 19 heavy (non-hydrogen) atoms. The van der Waals surface area contributed by atoms with Crippen molar-refractivity contribution < 1.29 is 23.5 Å². The number of nitrogens with zero attached hydrogens (tertiary/aromatic N) is 1. The molecule has 1 N–H and O–H groups in total. The van der Waals surface area contributed by atoms with Gasteiger partial charge in [0.2, 0.25) is 5.91 Å². The second kappa shape index (κ2) is 5.16. The van der Waals surface area contributed by atoms with Gasteiger partial charge in [-0.25, -0.2) is 13.6 Å². The molecule has 0 spiro atoms. The summed E-state index contributed by atoms with van der Waals surface area (Å²) in [6.45, 7) is 0.0921. The van der Waals surface area contributed by atoms with E-state index in [0.717, 1.165) is 17.0 Å². The number of aliphatic carboxylic acids is 1. The van der Waals surface area contributed by atoms with E-state index in [2.05, 4.69) is 12.6 Å². The smallest absolute Gasteiger partial charge is 0.331 e. The van der Waals surface area contributed by atoms with Crippen LogP contribution in [0.5, 0.6) is 0 Å². The van der Waals surface area contributed by atoms with Crippen LogP contribution in [0.15, 0.2) is 18.2 Å². The van der Waals surface area contributed by atoms with Crippen molar-refractivity contribution in [3.05, 3.63) is 35.4 Å². The van der Waals surface area contributed by atoms with Crippen molar-refractivity contribution in [2.24, 2.45) is 0 Å². The monoisotopic (exact) mass is 287 g/mol. The van der Waals surface area contributed by atoms with E-state index in [-0.39, 0.29) is 23.8 Å². The topological polar surface area (TPSA) is 57.6 Å². The molecule has 1 aliphatic rings. The summed E-state index contributed by atoms with van der Waals surface area (Å²) in [4.78, 5) is 24.0. The number of halogens is 2. The Morgan fingerprint density at radius 3 is 2.68 bits per heavy atom. The number of likely N-dealkylation sites (tertiary alicyclic amines) is 1. The fourth-order valence-corrected chi connectivity index (χ4v) is 2.46. The first-order chi connectivity index (χ1) is 8.91. The number of hydrogen-bond donors (Lipinski definition) is 2. The van der Waals surface area contributed by atoms with E-state index in [9.17, 15) is 23.5 Å². The molecule has 1 aromatic rings. The van der Waals surface area contributed by atoms with Crippen LogP contribution in [-0.2, 0) is 9.59 Å². The number of rotatable bonds is 3. The van der Waals surface area contributed by atoms with E-state index in [1.54, 1.807) is 0 Å². The average Bonchev–Trinajstić information content (AvgIpc) is 2.64. The predicted molar refractivity (Wildman–Crippen MR) is 65.8 cm³/mol. The summed E-state index contributed by atoms with van der Waals surface area (Å²) < 4.78 is 26.9. The summed E-state index contributed by atoms with van der Waals surface area (Å²) in [7, 11) is 0. The van der Waals surface area contributed by atoms with E-state index in [0.29, 0.717) is 0 Å². The third-order valence-corrected chi connectivity index (χ3v) is 3.31. The van der Waals surface area contributed by atoms with Gasteiger partial charge in [-0.05, 0) is 6.07 Å². The molecule has 0 aromatic heterocycles. The minimum absolute atomic E-state index is 0.0871. The zero-order valence-corrected chi connectivity index (χ0v) is 10.6. The Morgan fingerprint density at radius 1 is 1.47 bits per heavy atom. The minimum Gasteiger partial charge on any atom is -0.479 e. The van der Waals surface area contributed by atoms with Crippen LogP contribution in [-0.4, -0.2) is 33.7 Å². The van der Waals surface area contributed by atoms with Gasteiger partial charge in [-0.2, -0.15) is 12.6 Å². The highest BCUT2D eigenvalue weighted by Crippen LogP contribution is 2.30. The Morgan fingerprint density at radius 2 is 2.16 bits per heavy atom. The van der Waals surface area contributed by atoms with E-state index in [1.807, 2.05) is 0 Å². The van der Waals surface area contributed by atoms with Gasteiger partial charge in [-0.3, -0.25) is 4.79 Å². The Bertz CT molecular complexity index is 538. The van der Waals surface area contributed by atoms with Gasteiger partial charge in [-0.15, -0.1) is 0 Å². The molecule has 0 saturated carbocycles. The molecule has 1 aliphatic heterocycles. The lowest BCUT2D eigenvalue weighted by Crippen LogP contribution is -2.36. The number of thiol groups is 1. The number of carboxylic acids is 1. The molecular weight excluding hydrogens is 276 g/mol. The van der Waals surface area contributed by atoms with Crippen LogP contribution in [0.3, 0.4) is 0 Å². The number of amides is 1. The Balaban J connectivity index is 2.44. The molecule has 102 valence electrons. The van der Waals surface area contributed by atoms with Gasteiger partial charge in [-0.1, -0.05) is 12.1 Å². The molecule has 0 aliphatic carbocycles. The van der Waals surface area contributed by atoms with E-state index < -0.39 is 29.6 Å². The largest absolute Gasteiger partial charge is 0.479 e. The number of carbonyl (C=O) groups excluding carboxylic acids is 1. The molecule has 1 fully saturated rings. The fraction of sp³-hybridized carbons (Fsp3) is 0.333. The maximum Gasteiger partial charge on any atom is 0.331 e. The van der Waals surface area contributed by atoms with E-state index in [4.69, 9.17) is 0 Å². The molecule has 2 atom stereocenters. The normalized spacial score (nSPS) is 20.7. The predicted octanol–water partition coefficient (Wildman–Crippen LogP) is 1.62. The van der Waals surface area contributed by atoms with Gasteiger partial charge in [0.25, 0.3) is 0 Å². The lowest BCUT2D eigenvalue weighted by molar-refractivity contribution is -0.148. The SMILES string of the molecule is O=C(O)C(c1cccc(F)c1F)N1CC(S)CC1=O. The molecule has 1 saturated heterocycles. The second-order valence-electron chi connectivity index (χ2n) is 4.29. The van der Waals surface area contributed by atoms with Gasteiger partial charge in [0.1, 0.15) is 0 Å². The lowest BCUT2D eigenvalue weighted by atomic mass is 10.0. The highest BCUT2D eigenvalue weighted by molar-refractivity contribution is 7.81. The average molecular weight is 287 g/mol. The standard InChI is InChI=1S/C12H11F2NO3S/c13-8-3-1-2-7(10(8)14)11(12(17)18)15-5-6(19)4-9(15)16/h1-3,6,11,19H,4-5H2,(H,17,18). The second-order valence-corrected chi connectivity index (χ2v) is 5.02. The Hall–Kier alpha value is -1.63. The summed E-state index contributed by atoms with van der Waals surface area (Å²) in [6, 6.07) is 1.74. The molecule has 0 bridgehead atoms. The number of benzene rings is 1. The van der Waals surface area contributed by atoms with Gasteiger partial charge in [0.05, 0.1) is 0 Å². The maximum atomic E-state index is 13.7. The van der Waals surface area contributed by atoms with Crippen LogP contribution in [0.1, 0.15) is 18.0 Å². The number of carboxylic acid groups (broad SMARTS) is 1. The van der Waals surface area contributed by atoms with Crippen molar-refractivity contribution >= 4 is 24.5 Å². The van der Waals surface area contributed by atoms with Crippen LogP contribution < -0.4 is 0 Å². The van der Waals surface area contributed by atoms with Crippen molar-refractivity contribution in [1.82, 2.24) is 4.90 Å². The molecular formula is C12H11F2NO3S. The Labute approximate surface area is 113 Å². The first-order valence-corrected chi connectivity index (χ1v) is 6.07. The van der Waals surface area contributed by atoms with Gasteiger partial charge in [0, 0.05) is 23.8 Å². The van der Waals surface area contributed by atoms with Gasteiger partial charge in [0.15, 0.2) is 17.7 Å². The highest BCUT2D eigenvalue weighted by Gasteiger charge is 2.39. The molecule has 7 heteroatoms. The van der Waals surface area contributed by atoms with Crippen molar-refractivity contribution in [2.45, 2.75) is 17.7 Å². The summed E-state index contributed by atoms with van der Waals surface area (Å²) in [5.74, 6) is -4.22. The number of carbonyl (C=O) groups is 2. The molecule has 1 aromatic carbocycles. The summed E-state index contributed by atoms with van der Waals surface area (Å²) >= 11 is 4.11. The highest BCUT2D eigenvalue weighted by atomic mass is 32.1. The first kappa shape index (κ1) is 13.8. The molecule has 2 rings (SSSR count). The van der Waals surface area contributed by atoms with Crippen molar-refractivity contribution in [2.75, 3.05) is 6.54 Å². The zero-order valence-electron chi connectivity index (χ0n) is 9.72. The van der Waals surface area contributed by atoms with E-state index in [1.165, 1.54) is 6.07 Å². The van der Waals surface area contributed by atoms with E-state index >= 15 is 0 Å². The zero-order chi connectivity index (χ0) is 14.2. The van der Waals surface area contributed by atoms with Crippen molar-refractivity contribution in [1.29, 1.82) is 0 Å². The fourth-order valence-electron chi connectivity index (χ4n) is 2.13. The third-order valence-electron chi connectivity index (χ3n) is 2.96. The summed E-state index contributed by atoms with van der Waals surface area (Å²) in [5.41, 5.74) is -0.358. The molecule has 1 amide bonds. The molecule has 0 radical (unpaired) electrons. The number of hydrogen-bond acceptors (Lipinski definition) is 3. The van der Waals surface area contributed by atoms with Crippen LogP contribution >= 0.6 is 12.6 Å². The molecule has 1 heterocycles. The maximum absolute atomic E-state index is 13.7. The van der Waals surface area contributed by atoms with Crippen LogP contribution in [0.2, 0.25) is 0 Å². The summed E-state index contributed by atoms with van der Waals surface area (Å²) in [5, 5.41) is 8.90. The van der Waals surface area contributed by atoms with Crippen molar-refractivity contribution in [3.8, 4) is 0 Å². The van der Waals surface area contributed by atoms with Gasteiger partial charge >= 0.3 is 5.97 Å².